The Morgan fingerprint density at radius 1 is 1.26 bits per heavy atom. The summed E-state index contributed by atoms with van der Waals surface area (Å²) in [4.78, 5) is 24.0. The number of carbonyl (C=O) groups excluding carboxylic acids is 2. The van der Waals surface area contributed by atoms with Gasteiger partial charge in [0.05, 0.1) is 13.2 Å². The van der Waals surface area contributed by atoms with Crippen molar-refractivity contribution in [3.8, 4) is 0 Å². The number of amides is 2. The highest BCUT2D eigenvalue weighted by Gasteiger charge is 2.47. The Hall–Kier alpha value is -1.35. The Labute approximate surface area is 132 Å². The molecular weight excluding hydrogens is 317 g/mol. The number of hydrogen-bond donors (Lipinski definition) is 1. The van der Waals surface area contributed by atoms with Gasteiger partial charge in [-0.05, 0) is 26.2 Å². The van der Waals surface area contributed by atoms with Gasteiger partial charge >= 0.3 is 12.1 Å². The number of ether oxygens (including phenoxy) is 2. The van der Waals surface area contributed by atoms with Gasteiger partial charge in [-0.2, -0.15) is 13.2 Å². The molecule has 0 aromatic rings. The van der Waals surface area contributed by atoms with Crippen LogP contribution in [0.15, 0.2) is 0 Å². The van der Waals surface area contributed by atoms with Crippen LogP contribution in [0.1, 0.15) is 32.6 Å². The molecule has 2 aliphatic rings. The van der Waals surface area contributed by atoms with Crippen LogP contribution in [0, 0.1) is 0 Å². The van der Waals surface area contributed by atoms with E-state index < -0.39 is 29.8 Å². The molecule has 0 aromatic carbocycles. The summed E-state index contributed by atoms with van der Waals surface area (Å²) in [6, 6.07) is -1.06. The van der Waals surface area contributed by atoms with Crippen molar-refractivity contribution < 1.29 is 32.2 Å². The summed E-state index contributed by atoms with van der Waals surface area (Å²) in [5.74, 6) is -3.32. The highest BCUT2D eigenvalue weighted by Crippen LogP contribution is 2.26. The minimum absolute atomic E-state index is 0.0552. The van der Waals surface area contributed by atoms with Crippen molar-refractivity contribution in [2.75, 3.05) is 26.3 Å². The van der Waals surface area contributed by atoms with Crippen LogP contribution in [-0.2, 0) is 19.1 Å². The number of halogens is 3. The summed E-state index contributed by atoms with van der Waals surface area (Å²) in [6.45, 7) is 3.05. The molecule has 0 bridgehead atoms. The predicted octanol–water partition coefficient (Wildman–Crippen LogP) is 1.20. The zero-order chi connectivity index (χ0) is 17.1. The molecule has 2 amide bonds. The lowest BCUT2D eigenvalue weighted by atomic mass is 10.1. The Balaban J connectivity index is 1.83. The number of nitrogens with zero attached hydrogens (tertiary/aromatic N) is 1. The van der Waals surface area contributed by atoms with Gasteiger partial charge in [0.1, 0.15) is 6.04 Å². The van der Waals surface area contributed by atoms with E-state index in [1.807, 2.05) is 0 Å². The van der Waals surface area contributed by atoms with Gasteiger partial charge in [0.2, 0.25) is 5.91 Å². The topological polar surface area (TPSA) is 67.9 Å². The third kappa shape index (κ3) is 4.57. The van der Waals surface area contributed by atoms with Gasteiger partial charge in [0.15, 0.2) is 5.79 Å². The van der Waals surface area contributed by atoms with Crippen LogP contribution >= 0.6 is 0 Å². The van der Waals surface area contributed by atoms with E-state index in [0.29, 0.717) is 31.0 Å². The third-order valence-corrected chi connectivity index (χ3v) is 4.04. The SMILES string of the molecule is CC1(CCNC(=O)C2CCCN2C(=O)C(F)(F)F)OCCCO1. The van der Waals surface area contributed by atoms with Crippen LogP contribution < -0.4 is 5.32 Å². The molecular formula is C14H21F3N2O4. The van der Waals surface area contributed by atoms with Crippen LogP contribution in [0.2, 0.25) is 0 Å². The Bertz CT molecular complexity index is 450. The molecule has 1 unspecified atom stereocenters. The standard InChI is InChI=1S/C14H21F3N2O4/c1-13(22-8-3-9-23-13)5-6-18-11(20)10-4-2-7-19(10)12(21)14(15,16)17/h10H,2-9H2,1H3,(H,18,20). The van der Waals surface area contributed by atoms with Crippen molar-refractivity contribution in [2.24, 2.45) is 0 Å². The number of alkyl halides is 3. The molecule has 2 fully saturated rings. The quantitative estimate of drug-likeness (QED) is 0.836. The van der Waals surface area contributed by atoms with Gasteiger partial charge in [-0.15, -0.1) is 0 Å². The lowest BCUT2D eigenvalue weighted by molar-refractivity contribution is -0.258. The first-order valence-electron chi connectivity index (χ1n) is 7.66. The number of nitrogens with one attached hydrogen (secondary N) is 1. The third-order valence-electron chi connectivity index (χ3n) is 4.04. The van der Waals surface area contributed by atoms with Crippen LogP contribution in [-0.4, -0.2) is 61.0 Å². The summed E-state index contributed by atoms with van der Waals surface area (Å²) in [5.41, 5.74) is 0. The van der Waals surface area contributed by atoms with Gasteiger partial charge in [0.25, 0.3) is 0 Å². The van der Waals surface area contributed by atoms with Crippen molar-refractivity contribution >= 4 is 11.8 Å². The summed E-state index contributed by atoms with van der Waals surface area (Å²) >= 11 is 0. The summed E-state index contributed by atoms with van der Waals surface area (Å²) in [6.07, 6.45) is -3.15. The Morgan fingerprint density at radius 3 is 2.52 bits per heavy atom. The summed E-state index contributed by atoms with van der Waals surface area (Å²) in [7, 11) is 0. The van der Waals surface area contributed by atoms with Gasteiger partial charge in [0, 0.05) is 19.5 Å². The molecule has 6 nitrogen and oxygen atoms in total. The monoisotopic (exact) mass is 338 g/mol. The molecule has 2 aliphatic heterocycles. The fraction of sp³-hybridized carbons (Fsp3) is 0.857. The normalized spacial score (nSPS) is 24.5. The highest BCUT2D eigenvalue weighted by molar-refractivity contribution is 5.90. The van der Waals surface area contributed by atoms with E-state index in [9.17, 15) is 22.8 Å². The first-order chi connectivity index (χ1) is 10.7. The average molecular weight is 338 g/mol. The number of rotatable bonds is 4. The van der Waals surface area contributed by atoms with Crippen molar-refractivity contribution in [3.63, 3.8) is 0 Å². The smallest absolute Gasteiger partial charge is 0.354 e. The zero-order valence-electron chi connectivity index (χ0n) is 12.9. The first kappa shape index (κ1) is 18.0. The average Bonchev–Trinajstić information content (AvgIpc) is 2.95. The van der Waals surface area contributed by atoms with Gasteiger partial charge in [-0.3, -0.25) is 9.59 Å². The van der Waals surface area contributed by atoms with Crippen LogP contribution in [0.5, 0.6) is 0 Å². The molecule has 2 saturated heterocycles. The molecule has 0 aromatic heterocycles. The number of hydrogen-bond acceptors (Lipinski definition) is 4. The Morgan fingerprint density at radius 2 is 1.91 bits per heavy atom. The van der Waals surface area contributed by atoms with Crippen molar-refractivity contribution in [1.82, 2.24) is 10.2 Å². The zero-order valence-corrected chi connectivity index (χ0v) is 12.9. The maximum absolute atomic E-state index is 12.5. The first-order valence-corrected chi connectivity index (χ1v) is 7.66. The molecule has 0 spiro atoms. The van der Waals surface area contributed by atoms with E-state index in [1.54, 1.807) is 6.92 Å². The lowest BCUT2D eigenvalue weighted by Crippen LogP contribution is -2.51. The predicted molar refractivity (Wildman–Crippen MR) is 73.3 cm³/mol. The molecule has 9 heteroatoms. The summed E-state index contributed by atoms with van der Waals surface area (Å²) in [5, 5.41) is 2.57. The molecule has 0 saturated carbocycles. The van der Waals surface area contributed by atoms with E-state index in [2.05, 4.69) is 5.32 Å². The second kappa shape index (κ2) is 7.04. The van der Waals surface area contributed by atoms with E-state index in [4.69, 9.17) is 9.47 Å². The minimum Gasteiger partial charge on any atom is -0.354 e. The Kier molecular flexibility index (Phi) is 5.51. The second-order valence-electron chi connectivity index (χ2n) is 5.88. The maximum atomic E-state index is 12.5. The van der Waals surface area contributed by atoms with Crippen molar-refractivity contribution in [2.45, 2.75) is 50.6 Å². The molecule has 132 valence electrons. The molecule has 2 heterocycles. The minimum atomic E-state index is -4.96. The van der Waals surface area contributed by atoms with E-state index in [-0.39, 0.29) is 19.5 Å². The van der Waals surface area contributed by atoms with E-state index >= 15 is 0 Å². The van der Waals surface area contributed by atoms with Crippen LogP contribution in [0.25, 0.3) is 0 Å². The van der Waals surface area contributed by atoms with Crippen LogP contribution in [0.3, 0.4) is 0 Å². The second-order valence-corrected chi connectivity index (χ2v) is 5.88. The largest absolute Gasteiger partial charge is 0.471 e. The molecule has 1 N–H and O–H groups in total. The highest BCUT2D eigenvalue weighted by atomic mass is 19.4. The van der Waals surface area contributed by atoms with Crippen molar-refractivity contribution in [1.29, 1.82) is 0 Å². The van der Waals surface area contributed by atoms with E-state index in [0.717, 1.165) is 6.42 Å². The maximum Gasteiger partial charge on any atom is 0.471 e. The van der Waals surface area contributed by atoms with Gasteiger partial charge in [-0.25, -0.2) is 0 Å². The molecule has 23 heavy (non-hydrogen) atoms. The van der Waals surface area contributed by atoms with Gasteiger partial charge < -0.3 is 19.7 Å². The number of likely N-dealkylation sites (tertiary alicyclic amines) is 1. The lowest BCUT2D eigenvalue weighted by Gasteiger charge is -2.34. The van der Waals surface area contributed by atoms with Gasteiger partial charge in [-0.1, -0.05) is 0 Å². The molecule has 0 aliphatic carbocycles. The molecule has 2 rings (SSSR count). The van der Waals surface area contributed by atoms with Crippen LogP contribution in [0.4, 0.5) is 13.2 Å². The molecule has 1 atom stereocenters. The van der Waals surface area contributed by atoms with Crippen molar-refractivity contribution in [3.05, 3.63) is 0 Å². The fourth-order valence-electron chi connectivity index (χ4n) is 2.80. The fourth-order valence-corrected chi connectivity index (χ4v) is 2.80. The van der Waals surface area contributed by atoms with E-state index in [1.165, 1.54) is 0 Å². The summed E-state index contributed by atoms with van der Waals surface area (Å²) < 4.78 is 48.6. The number of carbonyl (C=O) groups is 2. The molecule has 0 radical (unpaired) electrons.